The molecule has 1 saturated heterocycles. The van der Waals surface area contributed by atoms with Crippen molar-refractivity contribution in [3.63, 3.8) is 0 Å². The molecule has 5 rings (SSSR count). The number of benzene rings is 2. The van der Waals surface area contributed by atoms with Crippen molar-refractivity contribution in [2.45, 2.75) is 37.5 Å². The number of piperidine rings is 1. The average molecular weight is 494 g/mol. The van der Waals surface area contributed by atoms with Gasteiger partial charge in [-0.05, 0) is 41.7 Å². The third-order valence-corrected chi connectivity index (χ3v) is 7.59. The molecule has 0 amide bonds. The molecule has 7 nitrogen and oxygen atoms in total. The molecule has 0 spiro atoms. The summed E-state index contributed by atoms with van der Waals surface area (Å²) in [7, 11) is 0. The predicted molar refractivity (Wildman–Crippen MR) is 139 cm³/mol. The number of fused-ring (bicyclic) bond motifs is 1. The molecule has 2 aromatic carbocycles. The molecule has 3 N–H and O–H groups in total. The number of alkyl halides is 1. The van der Waals surface area contributed by atoms with Crippen molar-refractivity contribution in [1.82, 2.24) is 14.9 Å². The molecule has 0 radical (unpaired) electrons. The van der Waals surface area contributed by atoms with Gasteiger partial charge in [-0.2, -0.15) is 0 Å². The monoisotopic (exact) mass is 493 g/mol. The number of halogens is 1. The van der Waals surface area contributed by atoms with E-state index >= 15 is 0 Å². The number of nitrogens with zero attached hydrogens (tertiary/aromatic N) is 4. The van der Waals surface area contributed by atoms with Gasteiger partial charge in [0.2, 0.25) is 0 Å². The Morgan fingerprint density at radius 1 is 1.06 bits per heavy atom. The van der Waals surface area contributed by atoms with Crippen LogP contribution in [-0.2, 0) is 13.0 Å². The van der Waals surface area contributed by atoms with E-state index in [9.17, 15) is 10.2 Å². The number of anilines is 3. The van der Waals surface area contributed by atoms with Crippen LogP contribution in [-0.4, -0.2) is 69.3 Å². The third-order valence-electron chi connectivity index (χ3n) is 7.21. The summed E-state index contributed by atoms with van der Waals surface area (Å²) in [5, 5.41) is 23.8. The molecule has 0 saturated carbocycles. The predicted octanol–water partition coefficient (Wildman–Crippen LogP) is 3.53. The van der Waals surface area contributed by atoms with Crippen molar-refractivity contribution >= 4 is 28.9 Å². The van der Waals surface area contributed by atoms with E-state index in [2.05, 4.69) is 49.4 Å². The Morgan fingerprint density at radius 3 is 2.60 bits per heavy atom. The molecule has 0 bridgehead atoms. The number of aliphatic hydroxyl groups is 2. The number of aliphatic hydroxyl groups excluding tert-OH is 2. The van der Waals surface area contributed by atoms with Crippen molar-refractivity contribution in [1.29, 1.82) is 0 Å². The first kappa shape index (κ1) is 24.0. The molecule has 3 atom stereocenters. The molecule has 3 aromatic rings. The van der Waals surface area contributed by atoms with Crippen LogP contribution in [0.5, 0.6) is 0 Å². The zero-order valence-corrected chi connectivity index (χ0v) is 20.5. The lowest BCUT2D eigenvalue weighted by Gasteiger charge is -2.43. The molecule has 1 aromatic heterocycles. The van der Waals surface area contributed by atoms with Gasteiger partial charge in [-0.15, -0.1) is 11.6 Å². The maximum absolute atomic E-state index is 11.0. The smallest absolute Gasteiger partial charge is 0.135 e. The van der Waals surface area contributed by atoms with E-state index in [0.29, 0.717) is 18.2 Å². The second-order valence-electron chi connectivity index (χ2n) is 9.40. The number of hydrogen-bond donors (Lipinski definition) is 3. The highest BCUT2D eigenvalue weighted by Gasteiger charge is 2.34. The van der Waals surface area contributed by atoms with Gasteiger partial charge in [0.25, 0.3) is 0 Å². The summed E-state index contributed by atoms with van der Waals surface area (Å²) < 4.78 is 0. The SMILES string of the molecule is OCC(CCl)c1ccc(Nc2cc(N3CC[C@@H](N4CCc5ccccc5C4)[C@H](O)C3)ncn2)cc1. The molecule has 35 heavy (non-hydrogen) atoms. The number of β-amino-alcohol motifs (C(OH)–C–C–N with tert-alkyl or cyclic N) is 1. The summed E-state index contributed by atoms with van der Waals surface area (Å²) in [6.07, 6.45) is 3.05. The second kappa shape index (κ2) is 10.9. The molecule has 1 fully saturated rings. The molecule has 2 aliphatic heterocycles. The van der Waals surface area contributed by atoms with Crippen LogP contribution in [0.15, 0.2) is 60.9 Å². The van der Waals surface area contributed by atoms with Gasteiger partial charge in [0.15, 0.2) is 0 Å². The summed E-state index contributed by atoms with van der Waals surface area (Å²) in [6.45, 7) is 3.31. The molecular formula is C27H32ClN5O2. The quantitative estimate of drug-likeness (QED) is 0.434. The lowest BCUT2D eigenvalue weighted by molar-refractivity contribution is 0.0293. The summed E-state index contributed by atoms with van der Waals surface area (Å²) in [5.41, 5.74) is 4.71. The average Bonchev–Trinajstić information content (AvgIpc) is 2.90. The lowest BCUT2D eigenvalue weighted by atomic mass is 9.94. The van der Waals surface area contributed by atoms with E-state index in [0.717, 1.165) is 49.5 Å². The molecule has 1 unspecified atom stereocenters. The fraction of sp³-hybridized carbons (Fsp3) is 0.407. The molecule has 8 heteroatoms. The van der Waals surface area contributed by atoms with Gasteiger partial charge in [-0.1, -0.05) is 36.4 Å². The van der Waals surface area contributed by atoms with Gasteiger partial charge >= 0.3 is 0 Å². The highest BCUT2D eigenvalue weighted by atomic mass is 35.5. The molecule has 184 valence electrons. The van der Waals surface area contributed by atoms with Crippen LogP contribution in [0.2, 0.25) is 0 Å². The van der Waals surface area contributed by atoms with Gasteiger partial charge in [-0.3, -0.25) is 4.90 Å². The Balaban J connectivity index is 1.21. The van der Waals surface area contributed by atoms with E-state index in [-0.39, 0.29) is 18.6 Å². The highest BCUT2D eigenvalue weighted by molar-refractivity contribution is 6.18. The van der Waals surface area contributed by atoms with Crippen LogP contribution in [0.4, 0.5) is 17.3 Å². The fourth-order valence-electron chi connectivity index (χ4n) is 5.17. The van der Waals surface area contributed by atoms with Crippen LogP contribution in [0.1, 0.15) is 29.0 Å². The number of aromatic nitrogens is 2. The van der Waals surface area contributed by atoms with Gasteiger partial charge in [0.1, 0.15) is 18.0 Å². The van der Waals surface area contributed by atoms with Crippen LogP contribution >= 0.6 is 11.6 Å². The van der Waals surface area contributed by atoms with E-state index in [1.165, 1.54) is 11.1 Å². The minimum Gasteiger partial charge on any atom is -0.396 e. The van der Waals surface area contributed by atoms with Gasteiger partial charge in [0.05, 0.1) is 12.7 Å². The van der Waals surface area contributed by atoms with Crippen molar-refractivity contribution < 1.29 is 10.2 Å². The maximum Gasteiger partial charge on any atom is 0.135 e. The number of hydrogen-bond acceptors (Lipinski definition) is 7. The zero-order valence-electron chi connectivity index (χ0n) is 19.7. The number of nitrogens with one attached hydrogen (secondary N) is 1. The topological polar surface area (TPSA) is 84.8 Å². The Labute approximate surface area is 211 Å². The van der Waals surface area contributed by atoms with Crippen LogP contribution in [0, 0.1) is 0 Å². The first-order chi connectivity index (χ1) is 17.1. The largest absolute Gasteiger partial charge is 0.396 e. The molecule has 0 aliphatic carbocycles. The van der Waals surface area contributed by atoms with E-state index in [1.807, 2.05) is 30.3 Å². The van der Waals surface area contributed by atoms with Crippen molar-refractivity contribution in [2.75, 3.05) is 42.3 Å². The first-order valence-electron chi connectivity index (χ1n) is 12.2. The maximum atomic E-state index is 11.0. The summed E-state index contributed by atoms with van der Waals surface area (Å²) in [4.78, 5) is 13.4. The van der Waals surface area contributed by atoms with Crippen LogP contribution in [0.25, 0.3) is 0 Å². The van der Waals surface area contributed by atoms with Crippen molar-refractivity contribution in [3.8, 4) is 0 Å². The van der Waals surface area contributed by atoms with Crippen LogP contribution < -0.4 is 10.2 Å². The summed E-state index contributed by atoms with van der Waals surface area (Å²) >= 11 is 5.93. The molecule has 2 aliphatic rings. The van der Waals surface area contributed by atoms with E-state index in [1.54, 1.807) is 6.33 Å². The fourth-order valence-corrected chi connectivity index (χ4v) is 5.45. The van der Waals surface area contributed by atoms with Crippen molar-refractivity contribution in [3.05, 3.63) is 77.6 Å². The molecular weight excluding hydrogens is 462 g/mol. The minimum absolute atomic E-state index is 0.0269. The summed E-state index contributed by atoms with van der Waals surface area (Å²) in [6, 6.07) is 18.6. The number of rotatable bonds is 7. The first-order valence-corrected chi connectivity index (χ1v) is 12.8. The molecule has 3 heterocycles. The Bertz CT molecular complexity index is 1120. The van der Waals surface area contributed by atoms with Gasteiger partial charge in [-0.25, -0.2) is 9.97 Å². The lowest BCUT2D eigenvalue weighted by Crippen LogP contribution is -2.55. The van der Waals surface area contributed by atoms with E-state index < -0.39 is 6.10 Å². The third kappa shape index (κ3) is 5.43. The van der Waals surface area contributed by atoms with Crippen LogP contribution in [0.3, 0.4) is 0 Å². The zero-order chi connectivity index (χ0) is 24.2. The van der Waals surface area contributed by atoms with E-state index in [4.69, 9.17) is 11.6 Å². The minimum atomic E-state index is -0.436. The van der Waals surface area contributed by atoms with Gasteiger partial charge in [0, 0.05) is 55.8 Å². The van der Waals surface area contributed by atoms with Crippen molar-refractivity contribution in [2.24, 2.45) is 0 Å². The van der Waals surface area contributed by atoms with Gasteiger partial charge < -0.3 is 20.4 Å². The Kier molecular flexibility index (Phi) is 7.48. The second-order valence-corrected chi connectivity index (χ2v) is 9.71. The Hall–Kier alpha value is -2.71. The standard InChI is InChI=1S/C27H32ClN5O2/c28-14-22(17-34)20-5-7-23(8-6-20)31-26-13-27(30-18-29-26)33-12-10-24(25(35)16-33)32-11-9-19-3-1-2-4-21(19)15-32/h1-8,13,18,22,24-25,34-35H,9-12,14-17H2,(H,29,30,31)/t22?,24-,25-/m1/s1. The summed E-state index contributed by atoms with van der Waals surface area (Å²) in [5.74, 6) is 1.82. The normalized spacial score (nSPS) is 21.4. The highest BCUT2D eigenvalue weighted by Crippen LogP contribution is 2.28. The Morgan fingerprint density at radius 2 is 1.86 bits per heavy atom.